The van der Waals surface area contributed by atoms with Crippen LogP contribution in [0.2, 0.25) is 0 Å². The molecule has 0 aromatic rings. The molecule has 23 heavy (non-hydrogen) atoms. The summed E-state index contributed by atoms with van der Waals surface area (Å²) in [6.07, 6.45) is 5.88. The van der Waals surface area contributed by atoms with E-state index < -0.39 is 0 Å². The SMILES string of the molecule is C=C(C)[C@@H]1C[C@@]2(C)C(=CC1=O)CC[C@@H](OC(=O)/C(C)=C/C)[C@H]2C. The monoisotopic (exact) mass is 316 g/mol. The van der Waals surface area contributed by atoms with Gasteiger partial charge < -0.3 is 4.74 Å². The molecule has 126 valence electrons. The molecule has 0 saturated heterocycles. The van der Waals surface area contributed by atoms with E-state index in [4.69, 9.17) is 4.74 Å². The Morgan fingerprint density at radius 1 is 1.43 bits per heavy atom. The van der Waals surface area contributed by atoms with E-state index in [1.807, 2.05) is 19.9 Å². The molecule has 0 bridgehead atoms. The minimum absolute atomic E-state index is 0.0986. The van der Waals surface area contributed by atoms with Crippen LogP contribution in [0, 0.1) is 17.3 Å². The molecule has 0 unspecified atom stereocenters. The lowest BCUT2D eigenvalue weighted by molar-refractivity contribution is -0.151. The van der Waals surface area contributed by atoms with Crippen molar-refractivity contribution < 1.29 is 14.3 Å². The standard InChI is InChI=1S/C20H28O3/c1-7-13(4)19(22)23-18-9-8-15-10-17(21)16(12(2)3)11-20(15,6)14(18)5/h7,10,14,16,18H,2,8-9,11H2,1,3-6H3/b13-7+/t14-,16+,18-,20-/m1/s1. The molecule has 2 rings (SSSR count). The third kappa shape index (κ3) is 3.19. The predicted octanol–water partition coefficient (Wildman–Crippen LogP) is 4.39. The lowest BCUT2D eigenvalue weighted by Crippen LogP contribution is -2.46. The lowest BCUT2D eigenvalue weighted by Gasteiger charge is -2.49. The van der Waals surface area contributed by atoms with Crippen LogP contribution in [0.3, 0.4) is 0 Å². The van der Waals surface area contributed by atoms with Crippen LogP contribution in [0.4, 0.5) is 0 Å². The summed E-state index contributed by atoms with van der Waals surface area (Å²) in [6, 6.07) is 0. The Morgan fingerprint density at radius 2 is 2.09 bits per heavy atom. The Kier molecular flexibility index (Phi) is 4.98. The maximum absolute atomic E-state index is 12.3. The zero-order chi connectivity index (χ0) is 17.4. The molecule has 0 spiro atoms. The second-order valence-electron chi connectivity index (χ2n) is 7.34. The van der Waals surface area contributed by atoms with Crippen molar-refractivity contribution in [1.82, 2.24) is 0 Å². The van der Waals surface area contributed by atoms with Gasteiger partial charge in [-0.15, -0.1) is 0 Å². The van der Waals surface area contributed by atoms with Crippen LogP contribution in [0.15, 0.2) is 35.5 Å². The third-order valence-electron chi connectivity index (χ3n) is 5.89. The van der Waals surface area contributed by atoms with Gasteiger partial charge in [0.15, 0.2) is 5.78 Å². The van der Waals surface area contributed by atoms with Crippen LogP contribution in [-0.4, -0.2) is 17.9 Å². The average molecular weight is 316 g/mol. The zero-order valence-corrected chi connectivity index (χ0v) is 14.9. The van der Waals surface area contributed by atoms with Crippen LogP contribution in [0.25, 0.3) is 0 Å². The van der Waals surface area contributed by atoms with Crippen LogP contribution in [0.5, 0.6) is 0 Å². The van der Waals surface area contributed by atoms with Crippen molar-refractivity contribution in [2.24, 2.45) is 17.3 Å². The van der Waals surface area contributed by atoms with Crippen molar-refractivity contribution in [2.75, 3.05) is 0 Å². The Morgan fingerprint density at radius 3 is 2.65 bits per heavy atom. The third-order valence-corrected chi connectivity index (χ3v) is 5.89. The zero-order valence-electron chi connectivity index (χ0n) is 14.9. The summed E-state index contributed by atoms with van der Waals surface area (Å²) < 4.78 is 5.75. The normalized spacial score (nSPS) is 34.5. The van der Waals surface area contributed by atoms with E-state index in [0.29, 0.717) is 5.57 Å². The van der Waals surface area contributed by atoms with Crippen molar-refractivity contribution in [3.8, 4) is 0 Å². The van der Waals surface area contributed by atoms with Gasteiger partial charge in [-0.3, -0.25) is 4.79 Å². The molecule has 0 heterocycles. The van der Waals surface area contributed by atoms with E-state index in [-0.39, 0.29) is 35.1 Å². The Balaban J connectivity index is 2.25. The molecule has 0 aliphatic heterocycles. The number of hydrogen-bond acceptors (Lipinski definition) is 3. The number of carbonyl (C=O) groups is 2. The highest BCUT2D eigenvalue weighted by atomic mass is 16.5. The van der Waals surface area contributed by atoms with Gasteiger partial charge >= 0.3 is 5.97 Å². The van der Waals surface area contributed by atoms with Gasteiger partial charge in [0.05, 0.1) is 0 Å². The minimum atomic E-state index is -0.233. The number of hydrogen-bond donors (Lipinski definition) is 0. The first-order valence-electron chi connectivity index (χ1n) is 8.45. The summed E-state index contributed by atoms with van der Waals surface area (Å²) in [5, 5.41) is 0. The highest BCUT2D eigenvalue weighted by Gasteiger charge is 2.48. The molecule has 4 atom stereocenters. The van der Waals surface area contributed by atoms with Gasteiger partial charge in [0.2, 0.25) is 0 Å². The van der Waals surface area contributed by atoms with Crippen molar-refractivity contribution in [1.29, 1.82) is 0 Å². The van der Waals surface area contributed by atoms with Crippen LogP contribution >= 0.6 is 0 Å². The summed E-state index contributed by atoms with van der Waals surface area (Å²) in [6.45, 7) is 13.9. The summed E-state index contributed by atoms with van der Waals surface area (Å²) in [7, 11) is 0. The molecular weight excluding hydrogens is 288 g/mol. The van der Waals surface area contributed by atoms with Crippen LogP contribution in [-0.2, 0) is 14.3 Å². The second-order valence-corrected chi connectivity index (χ2v) is 7.34. The van der Waals surface area contributed by atoms with E-state index in [2.05, 4.69) is 20.4 Å². The van der Waals surface area contributed by atoms with Gasteiger partial charge in [-0.25, -0.2) is 4.79 Å². The molecule has 0 aromatic carbocycles. The van der Waals surface area contributed by atoms with Gasteiger partial charge in [-0.1, -0.05) is 37.6 Å². The Hall–Kier alpha value is -1.64. The molecule has 0 N–H and O–H groups in total. The predicted molar refractivity (Wildman–Crippen MR) is 91.8 cm³/mol. The first-order chi connectivity index (χ1) is 10.7. The fraction of sp³-hybridized carbons (Fsp3) is 0.600. The number of esters is 1. The van der Waals surface area contributed by atoms with Crippen molar-refractivity contribution in [3.63, 3.8) is 0 Å². The maximum Gasteiger partial charge on any atom is 0.333 e. The largest absolute Gasteiger partial charge is 0.459 e. The Labute approximate surface area is 139 Å². The minimum Gasteiger partial charge on any atom is -0.459 e. The first-order valence-corrected chi connectivity index (χ1v) is 8.45. The molecule has 0 aromatic heterocycles. The second kappa shape index (κ2) is 6.46. The van der Waals surface area contributed by atoms with Gasteiger partial charge in [0.1, 0.15) is 6.10 Å². The molecule has 1 fully saturated rings. The van der Waals surface area contributed by atoms with E-state index in [1.54, 1.807) is 13.0 Å². The molecule has 1 saturated carbocycles. The van der Waals surface area contributed by atoms with Gasteiger partial charge in [0.25, 0.3) is 0 Å². The number of ketones is 1. The molecule has 3 heteroatoms. The summed E-state index contributed by atoms with van der Waals surface area (Å²) in [4.78, 5) is 24.4. The highest BCUT2D eigenvalue weighted by molar-refractivity contribution is 5.95. The summed E-state index contributed by atoms with van der Waals surface area (Å²) >= 11 is 0. The highest BCUT2D eigenvalue weighted by Crippen LogP contribution is 2.53. The van der Waals surface area contributed by atoms with Crippen molar-refractivity contribution in [2.45, 2.75) is 60.0 Å². The molecule has 2 aliphatic carbocycles. The lowest BCUT2D eigenvalue weighted by atomic mass is 9.57. The first kappa shape index (κ1) is 17.7. The quantitative estimate of drug-likeness (QED) is 0.440. The molecule has 0 radical (unpaired) electrons. The molecule has 3 nitrogen and oxygen atoms in total. The van der Waals surface area contributed by atoms with Gasteiger partial charge in [-0.05, 0) is 51.5 Å². The topological polar surface area (TPSA) is 43.4 Å². The fourth-order valence-corrected chi connectivity index (χ4v) is 3.81. The summed E-state index contributed by atoms with van der Waals surface area (Å²) in [5.74, 6) is 0.0186. The smallest absolute Gasteiger partial charge is 0.333 e. The molecule has 2 aliphatic rings. The van der Waals surface area contributed by atoms with E-state index in [1.165, 1.54) is 5.57 Å². The van der Waals surface area contributed by atoms with E-state index in [9.17, 15) is 9.59 Å². The van der Waals surface area contributed by atoms with E-state index >= 15 is 0 Å². The number of fused-ring (bicyclic) bond motifs is 1. The number of rotatable bonds is 3. The molecular formula is C20H28O3. The van der Waals surface area contributed by atoms with Crippen molar-refractivity contribution in [3.05, 3.63) is 35.5 Å². The van der Waals surface area contributed by atoms with Gasteiger partial charge in [0, 0.05) is 17.4 Å². The number of ether oxygens (including phenoxy) is 1. The van der Waals surface area contributed by atoms with Gasteiger partial charge in [-0.2, -0.15) is 0 Å². The fourth-order valence-electron chi connectivity index (χ4n) is 3.81. The number of carbonyl (C=O) groups excluding carboxylic acids is 2. The van der Waals surface area contributed by atoms with E-state index in [0.717, 1.165) is 24.8 Å². The average Bonchev–Trinajstić information content (AvgIpc) is 2.50. The van der Waals surface area contributed by atoms with Crippen LogP contribution < -0.4 is 0 Å². The maximum atomic E-state index is 12.3. The Bertz CT molecular complexity index is 596. The summed E-state index contributed by atoms with van der Waals surface area (Å²) in [5.41, 5.74) is 2.66. The molecule has 0 amide bonds. The van der Waals surface area contributed by atoms with Crippen molar-refractivity contribution >= 4 is 11.8 Å². The van der Waals surface area contributed by atoms with Crippen LogP contribution in [0.1, 0.15) is 53.9 Å². The number of allylic oxidation sites excluding steroid dienone is 4.